The van der Waals surface area contributed by atoms with Crippen molar-refractivity contribution in [2.45, 2.75) is 6.92 Å². The molecule has 0 saturated heterocycles. The van der Waals surface area contributed by atoms with Crippen molar-refractivity contribution in [1.29, 1.82) is 0 Å². The Labute approximate surface area is 109 Å². The number of hydrogen-bond acceptors (Lipinski definition) is 2. The van der Waals surface area contributed by atoms with Crippen LogP contribution in [0.5, 0.6) is 0 Å². The fourth-order valence-electron chi connectivity index (χ4n) is 2.20. The molecule has 3 aromatic rings. The smallest absolute Gasteiger partial charge is 0.337 e. The molecule has 0 spiro atoms. The predicted molar refractivity (Wildman–Crippen MR) is 73.2 cm³/mol. The van der Waals surface area contributed by atoms with E-state index in [0.717, 1.165) is 16.6 Å². The van der Waals surface area contributed by atoms with Crippen LogP contribution in [-0.2, 0) is 0 Å². The molecule has 0 amide bonds. The number of fused-ring (bicyclic) bond motifs is 1. The number of carboxylic acids is 1. The first kappa shape index (κ1) is 11.5. The van der Waals surface area contributed by atoms with E-state index < -0.39 is 5.97 Å². The Morgan fingerprint density at radius 1 is 1.16 bits per heavy atom. The number of carboxylic acid groups (broad SMARTS) is 1. The molecule has 2 aromatic carbocycles. The van der Waals surface area contributed by atoms with E-state index >= 15 is 0 Å². The van der Waals surface area contributed by atoms with E-state index in [1.165, 1.54) is 0 Å². The quantitative estimate of drug-likeness (QED) is 0.735. The standard InChI is InChI=1S/C15H12N2O2/c1-9-16-13-8-11(10-5-3-2-4-6-10)7-12(15(18)19)14(13)17-9/h2-8H,1H3,(H,16,17)(H,18,19). The highest BCUT2D eigenvalue weighted by Gasteiger charge is 2.14. The SMILES string of the molecule is Cc1nc2c(C(=O)O)cc(-c3ccccc3)cc2[nH]1. The molecule has 0 atom stereocenters. The minimum Gasteiger partial charge on any atom is -0.478 e. The molecule has 19 heavy (non-hydrogen) atoms. The summed E-state index contributed by atoms with van der Waals surface area (Å²) in [5.74, 6) is -0.253. The van der Waals surface area contributed by atoms with E-state index in [1.807, 2.05) is 43.3 Å². The maximum absolute atomic E-state index is 11.4. The zero-order valence-corrected chi connectivity index (χ0v) is 10.3. The number of rotatable bonds is 2. The van der Waals surface area contributed by atoms with Crippen LogP contribution < -0.4 is 0 Å². The Morgan fingerprint density at radius 3 is 2.58 bits per heavy atom. The molecule has 94 valence electrons. The van der Waals surface area contributed by atoms with Gasteiger partial charge in [-0.3, -0.25) is 0 Å². The van der Waals surface area contributed by atoms with Crippen LogP contribution in [0.2, 0.25) is 0 Å². The molecule has 2 N–H and O–H groups in total. The van der Waals surface area contributed by atoms with E-state index in [-0.39, 0.29) is 5.56 Å². The minimum absolute atomic E-state index is 0.223. The number of imidazole rings is 1. The summed E-state index contributed by atoms with van der Waals surface area (Å²) >= 11 is 0. The number of aromatic amines is 1. The van der Waals surface area contributed by atoms with Gasteiger partial charge in [-0.25, -0.2) is 9.78 Å². The van der Waals surface area contributed by atoms with Gasteiger partial charge in [0.15, 0.2) is 0 Å². The van der Waals surface area contributed by atoms with Gasteiger partial charge in [-0.15, -0.1) is 0 Å². The number of aromatic nitrogens is 2. The van der Waals surface area contributed by atoms with Gasteiger partial charge in [0.05, 0.1) is 11.1 Å². The highest BCUT2D eigenvalue weighted by molar-refractivity contribution is 6.03. The third kappa shape index (κ3) is 1.97. The third-order valence-corrected chi connectivity index (χ3v) is 3.04. The number of aryl methyl sites for hydroxylation is 1. The molecule has 4 heteroatoms. The number of carbonyl (C=O) groups is 1. The monoisotopic (exact) mass is 252 g/mol. The van der Waals surface area contributed by atoms with Crippen LogP contribution in [0.4, 0.5) is 0 Å². The molecule has 1 aromatic heterocycles. The number of aromatic carboxylic acids is 1. The predicted octanol–water partition coefficient (Wildman–Crippen LogP) is 3.24. The van der Waals surface area contributed by atoms with Crippen molar-refractivity contribution in [3.05, 3.63) is 53.9 Å². The summed E-state index contributed by atoms with van der Waals surface area (Å²) in [4.78, 5) is 18.7. The lowest BCUT2D eigenvalue weighted by molar-refractivity contribution is 0.0699. The van der Waals surface area contributed by atoms with E-state index in [1.54, 1.807) is 6.07 Å². The van der Waals surface area contributed by atoms with Gasteiger partial charge in [-0.05, 0) is 30.2 Å². The Hall–Kier alpha value is -2.62. The van der Waals surface area contributed by atoms with Gasteiger partial charge >= 0.3 is 5.97 Å². The zero-order chi connectivity index (χ0) is 13.4. The Morgan fingerprint density at radius 2 is 1.89 bits per heavy atom. The first-order chi connectivity index (χ1) is 9.15. The van der Waals surface area contributed by atoms with Crippen molar-refractivity contribution in [2.24, 2.45) is 0 Å². The van der Waals surface area contributed by atoms with Gasteiger partial charge in [0.25, 0.3) is 0 Å². The van der Waals surface area contributed by atoms with Crippen LogP contribution in [0, 0.1) is 6.92 Å². The summed E-state index contributed by atoms with van der Waals surface area (Å²) in [6, 6.07) is 13.3. The van der Waals surface area contributed by atoms with Crippen molar-refractivity contribution in [2.75, 3.05) is 0 Å². The third-order valence-electron chi connectivity index (χ3n) is 3.04. The van der Waals surface area contributed by atoms with Crippen LogP contribution in [0.15, 0.2) is 42.5 Å². The summed E-state index contributed by atoms with van der Waals surface area (Å²) < 4.78 is 0. The number of hydrogen-bond donors (Lipinski definition) is 2. The van der Waals surface area contributed by atoms with Crippen LogP contribution in [-0.4, -0.2) is 21.0 Å². The average molecular weight is 252 g/mol. The average Bonchev–Trinajstić information content (AvgIpc) is 2.78. The maximum atomic E-state index is 11.4. The van der Waals surface area contributed by atoms with E-state index in [9.17, 15) is 9.90 Å². The summed E-state index contributed by atoms with van der Waals surface area (Å²) in [6.45, 7) is 1.81. The van der Waals surface area contributed by atoms with Crippen molar-refractivity contribution in [1.82, 2.24) is 9.97 Å². The first-order valence-electron chi connectivity index (χ1n) is 5.94. The molecule has 0 aliphatic heterocycles. The molecule has 4 nitrogen and oxygen atoms in total. The Kier molecular flexibility index (Phi) is 2.56. The Bertz CT molecular complexity index is 760. The largest absolute Gasteiger partial charge is 0.478 e. The molecular formula is C15H12N2O2. The zero-order valence-electron chi connectivity index (χ0n) is 10.3. The maximum Gasteiger partial charge on any atom is 0.337 e. The molecule has 0 saturated carbocycles. The molecule has 0 aliphatic rings. The second-order valence-electron chi connectivity index (χ2n) is 4.41. The molecule has 0 unspecified atom stereocenters. The van der Waals surface area contributed by atoms with Crippen molar-refractivity contribution in [3.8, 4) is 11.1 Å². The second-order valence-corrected chi connectivity index (χ2v) is 4.41. The van der Waals surface area contributed by atoms with Gasteiger partial charge in [0, 0.05) is 0 Å². The molecule has 0 bridgehead atoms. The van der Waals surface area contributed by atoms with Gasteiger partial charge in [0.2, 0.25) is 0 Å². The van der Waals surface area contributed by atoms with E-state index in [2.05, 4.69) is 9.97 Å². The van der Waals surface area contributed by atoms with E-state index in [0.29, 0.717) is 11.3 Å². The molecule has 0 aliphatic carbocycles. The number of benzene rings is 2. The van der Waals surface area contributed by atoms with E-state index in [4.69, 9.17) is 0 Å². The summed E-state index contributed by atoms with van der Waals surface area (Å²) in [5, 5.41) is 9.31. The summed E-state index contributed by atoms with van der Waals surface area (Å²) in [7, 11) is 0. The molecular weight excluding hydrogens is 240 g/mol. The number of nitrogens with zero attached hydrogens (tertiary/aromatic N) is 1. The highest BCUT2D eigenvalue weighted by Crippen LogP contribution is 2.26. The molecule has 0 fully saturated rings. The van der Waals surface area contributed by atoms with Crippen LogP contribution in [0.25, 0.3) is 22.2 Å². The Balaban J connectivity index is 2.30. The summed E-state index contributed by atoms with van der Waals surface area (Å²) in [5.41, 5.74) is 3.33. The lowest BCUT2D eigenvalue weighted by atomic mass is 10.0. The van der Waals surface area contributed by atoms with Gasteiger partial charge < -0.3 is 10.1 Å². The van der Waals surface area contributed by atoms with Crippen LogP contribution in [0.3, 0.4) is 0 Å². The second kappa shape index (κ2) is 4.24. The van der Waals surface area contributed by atoms with Crippen molar-refractivity contribution in [3.63, 3.8) is 0 Å². The normalized spacial score (nSPS) is 10.8. The highest BCUT2D eigenvalue weighted by atomic mass is 16.4. The topological polar surface area (TPSA) is 66.0 Å². The number of H-pyrrole nitrogens is 1. The van der Waals surface area contributed by atoms with Crippen LogP contribution >= 0.6 is 0 Å². The molecule has 3 rings (SSSR count). The first-order valence-corrected chi connectivity index (χ1v) is 5.94. The minimum atomic E-state index is -0.964. The van der Waals surface area contributed by atoms with Gasteiger partial charge in [-0.1, -0.05) is 30.3 Å². The van der Waals surface area contributed by atoms with Crippen molar-refractivity contribution >= 4 is 17.0 Å². The number of nitrogens with one attached hydrogen (secondary N) is 1. The lowest BCUT2D eigenvalue weighted by Gasteiger charge is -2.04. The lowest BCUT2D eigenvalue weighted by Crippen LogP contribution is -1.98. The van der Waals surface area contributed by atoms with Crippen LogP contribution in [0.1, 0.15) is 16.2 Å². The fourth-order valence-corrected chi connectivity index (χ4v) is 2.20. The summed E-state index contributed by atoms with van der Waals surface area (Å²) in [6.07, 6.45) is 0. The fraction of sp³-hybridized carbons (Fsp3) is 0.0667. The van der Waals surface area contributed by atoms with Gasteiger partial charge in [0.1, 0.15) is 11.3 Å². The molecule has 1 heterocycles. The van der Waals surface area contributed by atoms with Gasteiger partial charge in [-0.2, -0.15) is 0 Å². The molecule has 0 radical (unpaired) electrons. The van der Waals surface area contributed by atoms with Crippen molar-refractivity contribution < 1.29 is 9.90 Å².